The first-order chi connectivity index (χ1) is 6.38. The maximum atomic E-state index is 4.99. The molecule has 0 heterocycles. The molecule has 0 aliphatic rings. The molecule has 1 rings (SSSR count). The monoisotopic (exact) mass is 193 g/mol. The van der Waals surface area contributed by atoms with Crippen molar-refractivity contribution in [1.82, 2.24) is 0 Å². The number of nitrogens with zero attached hydrogens (tertiary/aromatic N) is 1. The van der Waals surface area contributed by atoms with E-state index in [0.29, 0.717) is 6.61 Å². The minimum atomic E-state index is 0.698. The van der Waals surface area contributed by atoms with E-state index in [1.54, 1.807) is 7.11 Å². The molecule has 1 aromatic carbocycles. The van der Waals surface area contributed by atoms with Crippen molar-refractivity contribution in [3.63, 3.8) is 0 Å². The maximum Gasteiger partial charge on any atom is 0.0772 e. The molecule has 13 heavy (non-hydrogen) atoms. The molecular formula is C10H11NOS. The molecule has 0 radical (unpaired) electrons. The number of hydrogen-bond acceptors (Lipinski definition) is 3. The number of aliphatic imine (C=N–C) groups is 1. The topological polar surface area (TPSA) is 21.6 Å². The summed E-state index contributed by atoms with van der Waals surface area (Å²) in [6.07, 6.45) is 0.854. The Balaban J connectivity index is 2.84. The average molecular weight is 193 g/mol. The predicted molar refractivity (Wildman–Crippen MR) is 56.7 cm³/mol. The van der Waals surface area contributed by atoms with E-state index >= 15 is 0 Å². The number of ether oxygens (including phenoxy) is 1. The van der Waals surface area contributed by atoms with Crippen molar-refractivity contribution < 1.29 is 4.74 Å². The van der Waals surface area contributed by atoms with Crippen molar-refractivity contribution in [2.24, 2.45) is 4.99 Å². The lowest BCUT2D eigenvalue weighted by atomic mass is 10.1. The van der Waals surface area contributed by atoms with Gasteiger partial charge in [0.25, 0.3) is 0 Å². The van der Waals surface area contributed by atoms with E-state index in [9.17, 15) is 0 Å². The van der Waals surface area contributed by atoms with Crippen LogP contribution in [0.3, 0.4) is 0 Å². The third-order valence-electron chi connectivity index (χ3n) is 1.73. The molecule has 0 bridgehead atoms. The van der Waals surface area contributed by atoms with Gasteiger partial charge < -0.3 is 4.74 Å². The van der Waals surface area contributed by atoms with Crippen LogP contribution in [-0.4, -0.2) is 18.9 Å². The fraction of sp³-hybridized carbons (Fsp3) is 0.300. The highest BCUT2D eigenvalue weighted by Gasteiger charge is 1.98. The molecule has 0 spiro atoms. The Morgan fingerprint density at radius 3 is 2.92 bits per heavy atom. The first-order valence-electron chi connectivity index (χ1n) is 4.03. The highest BCUT2D eigenvalue weighted by Crippen LogP contribution is 2.18. The Labute approximate surface area is 83.3 Å². The van der Waals surface area contributed by atoms with Crippen molar-refractivity contribution in [2.75, 3.05) is 13.7 Å². The second-order valence-electron chi connectivity index (χ2n) is 2.57. The molecule has 3 heteroatoms. The second-order valence-corrected chi connectivity index (χ2v) is 2.76. The van der Waals surface area contributed by atoms with Gasteiger partial charge >= 0.3 is 0 Å². The van der Waals surface area contributed by atoms with E-state index in [1.807, 2.05) is 24.3 Å². The molecule has 0 fully saturated rings. The van der Waals surface area contributed by atoms with Crippen LogP contribution in [0.2, 0.25) is 0 Å². The molecule has 2 nitrogen and oxygen atoms in total. The van der Waals surface area contributed by atoms with Gasteiger partial charge in [-0.3, -0.25) is 0 Å². The third kappa shape index (κ3) is 3.07. The lowest BCUT2D eigenvalue weighted by molar-refractivity contribution is 0.202. The Morgan fingerprint density at radius 1 is 1.46 bits per heavy atom. The van der Waals surface area contributed by atoms with E-state index in [4.69, 9.17) is 4.74 Å². The van der Waals surface area contributed by atoms with Crippen LogP contribution in [0.25, 0.3) is 0 Å². The van der Waals surface area contributed by atoms with Gasteiger partial charge in [0.1, 0.15) is 0 Å². The molecular weight excluding hydrogens is 182 g/mol. The molecule has 0 unspecified atom stereocenters. The Hall–Kier alpha value is -1.02. The third-order valence-corrected chi connectivity index (χ3v) is 1.82. The van der Waals surface area contributed by atoms with Crippen LogP contribution in [0, 0.1) is 0 Å². The Bertz CT molecular complexity index is 318. The van der Waals surface area contributed by atoms with Crippen LogP contribution < -0.4 is 0 Å². The zero-order valence-electron chi connectivity index (χ0n) is 7.49. The molecule has 0 aliphatic heterocycles. The summed E-state index contributed by atoms with van der Waals surface area (Å²) < 4.78 is 4.99. The number of hydrogen-bond donors (Lipinski definition) is 0. The smallest absolute Gasteiger partial charge is 0.0772 e. The van der Waals surface area contributed by atoms with Crippen LogP contribution >= 0.6 is 12.2 Å². The largest absolute Gasteiger partial charge is 0.384 e. The molecule has 68 valence electrons. The van der Waals surface area contributed by atoms with E-state index < -0.39 is 0 Å². The highest BCUT2D eigenvalue weighted by molar-refractivity contribution is 7.78. The molecule has 0 saturated heterocycles. The van der Waals surface area contributed by atoms with Gasteiger partial charge in [0.05, 0.1) is 17.5 Å². The van der Waals surface area contributed by atoms with Crippen molar-refractivity contribution >= 4 is 23.1 Å². The van der Waals surface area contributed by atoms with Crippen LogP contribution in [0.4, 0.5) is 5.69 Å². The highest BCUT2D eigenvalue weighted by atomic mass is 32.1. The molecule has 0 atom stereocenters. The quantitative estimate of drug-likeness (QED) is 0.541. The zero-order valence-corrected chi connectivity index (χ0v) is 8.30. The normalized spacial score (nSPS) is 9.31. The van der Waals surface area contributed by atoms with Gasteiger partial charge in [-0.2, -0.15) is 4.99 Å². The van der Waals surface area contributed by atoms with Gasteiger partial charge in [-0.05, 0) is 30.3 Å². The number of rotatable bonds is 4. The van der Waals surface area contributed by atoms with Gasteiger partial charge in [-0.1, -0.05) is 18.2 Å². The number of thiocarbonyl (C=S) groups is 1. The van der Waals surface area contributed by atoms with Gasteiger partial charge in [0.2, 0.25) is 0 Å². The summed E-state index contributed by atoms with van der Waals surface area (Å²) in [5, 5.41) is 2.37. The fourth-order valence-corrected chi connectivity index (χ4v) is 1.19. The lowest BCUT2D eigenvalue weighted by Gasteiger charge is -2.02. The molecule has 1 aromatic rings. The van der Waals surface area contributed by atoms with Crippen molar-refractivity contribution in [2.45, 2.75) is 6.42 Å². The summed E-state index contributed by atoms with van der Waals surface area (Å²) in [5.74, 6) is 0. The summed E-state index contributed by atoms with van der Waals surface area (Å²) in [6.45, 7) is 0.698. The summed E-state index contributed by atoms with van der Waals surface area (Å²) in [6, 6.07) is 7.85. The van der Waals surface area contributed by atoms with Crippen molar-refractivity contribution in [3.8, 4) is 0 Å². The van der Waals surface area contributed by atoms with Gasteiger partial charge in [0, 0.05) is 7.11 Å². The van der Waals surface area contributed by atoms with Gasteiger partial charge in [-0.25, -0.2) is 0 Å². The van der Waals surface area contributed by atoms with Crippen LogP contribution in [-0.2, 0) is 11.2 Å². The Kier molecular flexibility index (Phi) is 4.33. The molecule has 0 saturated carbocycles. The number of methoxy groups -OCH3 is 1. The van der Waals surface area contributed by atoms with E-state index in [0.717, 1.165) is 17.7 Å². The zero-order chi connectivity index (χ0) is 9.52. The van der Waals surface area contributed by atoms with E-state index in [-0.39, 0.29) is 0 Å². The number of isothiocyanates is 1. The van der Waals surface area contributed by atoms with E-state index in [1.165, 1.54) is 0 Å². The summed E-state index contributed by atoms with van der Waals surface area (Å²) >= 11 is 4.56. The van der Waals surface area contributed by atoms with Crippen molar-refractivity contribution in [3.05, 3.63) is 29.8 Å². The number of benzene rings is 1. The van der Waals surface area contributed by atoms with Crippen LogP contribution in [0.15, 0.2) is 29.3 Å². The minimum absolute atomic E-state index is 0.698. The second kappa shape index (κ2) is 5.60. The summed E-state index contributed by atoms with van der Waals surface area (Å²) in [5.41, 5.74) is 2.02. The van der Waals surface area contributed by atoms with Gasteiger partial charge in [-0.15, -0.1) is 0 Å². The van der Waals surface area contributed by atoms with Crippen LogP contribution in [0.5, 0.6) is 0 Å². The first-order valence-corrected chi connectivity index (χ1v) is 4.44. The standard InChI is InChI=1S/C10H11NOS/c1-12-7-6-9-4-2-3-5-10(9)11-8-13/h2-5H,6-7H2,1H3. The van der Waals surface area contributed by atoms with E-state index in [2.05, 4.69) is 22.4 Å². The lowest BCUT2D eigenvalue weighted by Crippen LogP contribution is -1.94. The minimum Gasteiger partial charge on any atom is -0.384 e. The van der Waals surface area contributed by atoms with Crippen LogP contribution in [0.1, 0.15) is 5.56 Å². The first kappa shape index (κ1) is 10.1. The van der Waals surface area contributed by atoms with Crippen molar-refractivity contribution in [1.29, 1.82) is 0 Å². The molecule has 0 amide bonds. The average Bonchev–Trinajstić information content (AvgIpc) is 2.17. The number of para-hydroxylation sites is 1. The maximum absolute atomic E-state index is 4.99. The molecule has 0 N–H and O–H groups in total. The van der Waals surface area contributed by atoms with Gasteiger partial charge in [0.15, 0.2) is 0 Å². The molecule has 0 aromatic heterocycles. The molecule has 0 aliphatic carbocycles. The summed E-state index contributed by atoms with van der Waals surface area (Å²) in [7, 11) is 1.69. The summed E-state index contributed by atoms with van der Waals surface area (Å²) in [4.78, 5) is 3.97. The SMILES string of the molecule is COCCc1ccccc1N=C=S. The predicted octanol–water partition coefficient (Wildman–Crippen LogP) is 2.61. The Morgan fingerprint density at radius 2 is 2.23 bits per heavy atom. The fourth-order valence-electron chi connectivity index (χ4n) is 1.09.